The van der Waals surface area contributed by atoms with Gasteiger partial charge in [0.15, 0.2) is 0 Å². The smallest absolute Gasteiger partial charge is 0.349 e. The quantitative estimate of drug-likeness (QED) is 0.217. The molecule has 298 valence electrons. The molecule has 14 nitrogen and oxygen atoms in total. The fourth-order valence-electron chi connectivity index (χ4n) is 6.60. The molecule has 2 aliphatic heterocycles. The molecule has 2 saturated heterocycles. The highest BCUT2D eigenvalue weighted by molar-refractivity contribution is 5.95. The van der Waals surface area contributed by atoms with Crippen LogP contribution in [-0.4, -0.2) is 125 Å². The highest BCUT2D eigenvalue weighted by Gasteiger charge is 2.41. The van der Waals surface area contributed by atoms with Crippen LogP contribution in [0.2, 0.25) is 0 Å². The second-order valence-corrected chi connectivity index (χ2v) is 13.5. The van der Waals surface area contributed by atoms with Crippen LogP contribution in [0.5, 0.6) is 5.75 Å². The number of rotatable bonds is 14. The summed E-state index contributed by atoms with van der Waals surface area (Å²) in [4.78, 5) is 66.1. The van der Waals surface area contributed by atoms with Crippen LogP contribution in [0.25, 0.3) is 0 Å². The summed E-state index contributed by atoms with van der Waals surface area (Å²) in [7, 11) is 1.71. The number of hydrogen-bond donors (Lipinski definition) is 2. The number of aliphatic carboxylic acids is 2. The van der Waals surface area contributed by atoms with Crippen LogP contribution in [0, 0.1) is 5.92 Å². The highest BCUT2D eigenvalue weighted by atomic mass is 16.6. The van der Waals surface area contributed by atoms with Gasteiger partial charge < -0.3 is 44.6 Å². The number of likely N-dealkylation sites (N-methyl/N-ethyl adjacent to an activating group) is 1. The van der Waals surface area contributed by atoms with Gasteiger partial charge in [-0.05, 0) is 93.5 Å². The molecule has 5 rings (SSSR count). The minimum Gasteiger partial charge on any atom is -0.497 e. The van der Waals surface area contributed by atoms with Gasteiger partial charge in [-0.1, -0.05) is 55.5 Å². The zero-order chi connectivity index (χ0) is 39.0. The third-order valence-electron chi connectivity index (χ3n) is 9.72. The van der Waals surface area contributed by atoms with Crippen LogP contribution in [0.15, 0.2) is 84.9 Å². The van der Waals surface area contributed by atoms with E-state index in [0.717, 1.165) is 64.3 Å². The monoisotopic (exact) mass is 763 g/mol. The molecule has 3 aromatic carbocycles. The number of likely N-dealkylation sites (tertiary alicyclic amines) is 2. The molecule has 2 heterocycles. The third kappa shape index (κ3) is 13.1. The Morgan fingerprint density at radius 2 is 1.18 bits per heavy atom. The van der Waals surface area contributed by atoms with Crippen molar-refractivity contribution in [1.82, 2.24) is 14.7 Å². The van der Waals surface area contributed by atoms with Gasteiger partial charge in [-0.2, -0.15) is 0 Å². The van der Waals surface area contributed by atoms with Gasteiger partial charge in [0.05, 0.1) is 18.2 Å². The molecule has 2 amide bonds. The average molecular weight is 764 g/mol. The van der Waals surface area contributed by atoms with Gasteiger partial charge in [0.25, 0.3) is 0 Å². The summed E-state index contributed by atoms with van der Waals surface area (Å²) >= 11 is 0. The van der Waals surface area contributed by atoms with E-state index >= 15 is 0 Å². The predicted molar refractivity (Wildman–Crippen MR) is 204 cm³/mol. The number of nitrogens with zero attached hydrogens (tertiary/aromatic N) is 3. The van der Waals surface area contributed by atoms with E-state index in [-0.39, 0.29) is 22.6 Å². The van der Waals surface area contributed by atoms with Crippen LogP contribution >= 0.6 is 0 Å². The first-order valence-corrected chi connectivity index (χ1v) is 18.4. The van der Waals surface area contributed by atoms with E-state index in [1.54, 1.807) is 19.2 Å². The SMILES string of the molecule is CCN(CC1CCN(C(=O)N2CCCC2)CC1)C(C)Cc1ccc(OC)cc1.O.O=C(O[C@@H](C(=O)O)[C@@H](OC(=O)c1ccccc1)C(=O)O)c1ccccc1. The highest BCUT2D eigenvalue weighted by Crippen LogP contribution is 2.23. The van der Waals surface area contributed by atoms with Crippen LogP contribution in [0.1, 0.15) is 65.8 Å². The number of carbonyl (C=O) groups is 5. The molecular weight excluding hydrogens is 710 g/mol. The molecule has 55 heavy (non-hydrogen) atoms. The molecule has 1 unspecified atom stereocenters. The van der Waals surface area contributed by atoms with Gasteiger partial charge in [-0.25, -0.2) is 24.0 Å². The van der Waals surface area contributed by atoms with E-state index in [2.05, 4.69) is 35.8 Å². The van der Waals surface area contributed by atoms with Crippen molar-refractivity contribution < 1.29 is 53.9 Å². The fourth-order valence-corrected chi connectivity index (χ4v) is 6.60. The van der Waals surface area contributed by atoms with E-state index in [1.807, 2.05) is 17.0 Å². The number of urea groups is 1. The van der Waals surface area contributed by atoms with Crippen molar-refractivity contribution in [2.45, 2.75) is 64.2 Å². The largest absolute Gasteiger partial charge is 0.497 e. The molecule has 4 N–H and O–H groups in total. The summed E-state index contributed by atoms with van der Waals surface area (Å²) in [6, 6.07) is 24.1. The maximum absolute atomic E-state index is 12.6. The van der Waals surface area contributed by atoms with Crippen LogP contribution < -0.4 is 4.74 Å². The molecule has 14 heteroatoms. The maximum atomic E-state index is 12.6. The Hall–Kier alpha value is -5.47. The van der Waals surface area contributed by atoms with E-state index in [4.69, 9.17) is 14.2 Å². The lowest BCUT2D eigenvalue weighted by Crippen LogP contribution is -2.47. The number of carbonyl (C=O) groups excluding carboxylic acids is 3. The molecule has 2 fully saturated rings. The van der Waals surface area contributed by atoms with Gasteiger partial charge in [-0.3, -0.25) is 0 Å². The average Bonchev–Trinajstić information content (AvgIpc) is 3.74. The number of carboxylic acids is 2. The minimum atomic E-state index is -2.21. The van der Waals surface area contributed by atoms with Gasteiger partial charge in [-0.15, -0.1) is 0 Å². The second kappa shape index (κ2) is 22.0. The Kier molecular flexibility index (Phi) is 17.6. The van der Waals surface area contributed by atoms with Crippen molar-refractivity contribution in [3.8, 4) is 5.75 Å². The standard InChI is InChI=1S/C23H37N3O2.C18H14O8.H2O/c1-4-24(19(2)17-20-7-9-22(28-3)10-8-20)18-21-11-15-26(16-12-21)23(27)25-13-5-6-14-25;19-15(20)13(25-17(23)11-7-3-1-4-8-11)14(16(21)22)26-18(24)12-9-5-2-6-10-12;/h7-10,19,21H,4-6,11-18H2,1-3H3;1-10,13-14H,(H,19,20)(H,21,22);1H2/t;13-,14-;/m.1./s1. The Morgan fingerprint density at radius 3 is 1.60 bits per heavy atom. The van der Waals surface area contributed by atoms with Gasteiger partial charge >= 0.3 is 29.9 Å². The molecule has 0 saturated carbocycles. The summed E-state index contributed by atoms with van der Waals surface area (Å²) in [5.74, 6) is -4.02. The van der Waals surface area contributed by atoms with Crippen molar-refractivity contribution in [1.29, 1.82) is 0 Å². The predicted octanol–water partition coefficient (Wildman–Crippen LogP) is 4.66. The summed E-state index contributed by atoms with van der Waals surface area (Å²) in [5, 5.41) is 18.5. The van der Waals surface area contributed by atoms with E-state index in [9.17, 15) is 34.2 Å². The number of benzene rings is 3. The second-order valence-electron chi connectivity index (χ2n) is 13.5. The number of methoxy groups -OCH3 is 1. The minimum absolute atomic E-state index is 0. The number of esters is 2. The van der Waals surface area contributed by atoms with E-state index in [0.29, 0.717) is 12.0 Å². The molecule has 3 aromatic rings. The van der Waals surface area contributed by atoms with Crippen molar-refractivity contribution in [2.75, 3.05) is 46.4 Å². The number of piperidine rings is 1. The Balaban J connectivity index is 0.000000291. The molecule has 0 aliphatic carbocycles. The summed E-state index contributed by atoms with van der Waals surface area (Å²) < 4.78 is 14.8. The Bertz CT molecular complexity index is 1590. The summed E-state index contributed by atoms with van der Waals surface area (Å²) in [6.45, 7) is 10.5. The first-order valence-electron chi connectivity index (χ1n) is 18.4. The lowest BCUT2D eigenvalue weighted by Gasteiger charge is -2.38. The summed E-state index contributed by atoms with van der Waals surface area (Å²) in [5.41, 5.74) is 1.41. The number of carboxylic acid groups (broad SMARTS) is 2. The molecule has 0 spiro atoms. The van der Waals surface area contributed by atoms with Crippen LogP contribution in [0.4, 0.5) is 4.79 Å². The normalized spacial score (nSPS) is 15.7. The molecule has 0 bridgehead atoms. The Morgan fingerprint density at radius 1 is 0.727 bits per heavy atom. The van der Waals surface area contributed by atoms with Crippen LogP contribution in [-0.2, 0) is 25.5 Å². The fraction of sp³-hybridized carbons (Fsp3) is 0.439. The van der Waals surface area contributed by atoms with Gasteiger partial charge in [0.1, 0.15) is 5.75 Å². The topological polar surface area (TPSA) is 195 Å². The molecular formula is C41H53N3O11. The first kappa shape index (κ1) is 43.9. The van der Waals surface area contributed by atoms with Gasteiger partial charge in [0, 0.05) is 38.8 Å². The lowest BCUT2D eigenvalue weighted by molar-refractivity contribution is -0.166. The molecule has 0 radical (unpaired) electrons. The molecule has 0 aromatic heterocycles. The maximum Gasteiger partial charge on any atom is 0.349 e. The first-order chi connectivity index (χ1) is 26.0. The van der Waals surface area contributed by atoms with Crippen molar-refractivity contribution in [3.05, 3.63) is 102 Å². The number of amides is 2. The zero-order valence-electron chi connectivity index (χ0n) is 31.7. The molecule has 2 aliphatic rings. The van der Waals surface area contributed by atoms with Gasteiger partial charge in [0.2, 0.25) is 12.2 Å². The number of hydrogen-bond acceptors (Lipinski definition) is 9. The third-order valence-corrected chi connectivity index (χ3v) is 9.72. The van der Waals surface area contributed by atoms with Crippen LogP contribution in [0.3, 0.4) is 0 Å². The van der Waals surface area contributed by atoms with Crippen molar-refractivity contribution >= 4 is 29.9 Å². The van der Waals surface area contributed by atoms with E-state index in [1.165, 1.54) is 66.9 Å². The molecule has 3 atom stereocenters. The van der Waals surface area contributed by atoms with Crippen molar-refractivity contribution in [3.63, 3.8) is 0 Å². The number of ether oxygens (including phenoxy) is 3. The Labute approximate surface area is 321 Å². The van der Waals surface area contributed by atoms with Crippen molar-refractivity contribution in [2.24, 2.45) is 5.92 Å². The van der Waals surface area contributed by atoms with E-state index < -0.39 is 36.1 Å². The lowest BCUT2D eigenvalue weighted by atomic mass is 9.95. The summed E-state index contributed by atoms with van der Waals surface area (Å²) in [6.07, 6.45) is 1.22. The zero-order valence-corrected chi connectivity index (χ0v) is 31.7.